The highest BCUT2D eigenvalue weighted by atomic mass is 16.4. The molecule has 0 radical (unpaired) electrons. The maximum absolute atomic E-state index is 11.0. The zero-order chi connectivity index (χ0) is 11.6. The summed E-state index contributed by atoms with van der Waals surface area (Å²) in [6, 6.07) is 1.75. The van der Waals surface area contributed by atoms with Crippen LogP contribution in [0.1, 0.15) is 31.1 Å². The first kappa shape index (κ1) is 11.7. The predicted molar refractivity (Wildman–Crippen MR) is 55.4 cm³/mol. The van der Waals surface area contributed by atoms with Crippen molar-refractivity contribution in [2.45, 2.75) is 26.9 Å². The molecule has 0 saturated carbocycles. The number of hydrogen-bond acceptors (Lipinski definition) is 3. The number of pyridine rings is 1. The van der Waals surface area contributed by atoms with Gasteiger partial charge in [-0.15, -0.1) is 0 Å². The molecule has 0 spiro atoms. The SMILES string of the molecule is Cc1ccncc1C(O)C(C)(C)C(=O)O. The molecule has 1 heterocycles. The smallest absolute Gasteiger partial charge is 0.312 e. The first-order valence-electron chi connectivity index (χ1n) is 4.69. The Hall–Kier alpha value is -1.42. The van der Waals surface area contributed by atoms with E-state index in [1.165, 1.54) is 20.0 Å². The summed E-state index contributed by atoms with van der Waals surface area (Å²) in [5, 5.41) is 19.0. The highest BCUT2D eigenvalue weighted by Gasteiger charge is 2.37. The van der Waals surface area contributed by atoms with Crippen molar-refractivity contribution in [3.63, 3.8) is 0 Å². The molecule has 2 N–H and O–H groups in total. The number of aliphatic carboxylic acids is 1. The Kier molecular flexibility index (Phi) is 3.09. The minimum Gasteiger partial charge on any atom is -0.481 e. The zero-order valence-corrected chi connectivity index (χ0v) is 9.06. The maximum atomic E-state index is 11.0. The number of aliphatic hydroxyl groups is 1. The molecule has 1 aromatic heterocycles. The van der Waals surface area contributed by atoms with E-state index in [0.717, 1.165) is 5.56 Å². The zero-order valence-electron chi connectivity index (χ0n) is 9.06. The van der Waals surface area contributed by atoms with Crippen LogP contribution in [0, 0.1) is 12.3 Å². The van der Waals surface area contributed by atoms with E-state index in [0.29, 0.717) is 5.56 Å². The molecule has 1 atom stereocenters. The Morgan fingerprint density at radius 1 is 1.53 bits per heavy atom. The van der Waals surface area contributed by atoms with E-state index in [2.05, 4.69) is 4.98 Å². The molecule has 1 aromatic rings. The van der Waals surface area contributed by atoms with Crippen molar-refractivity contribution in [1.82, 2.24) is 4.98 Å². The van der Waals surface area contributed by atoms with Crippen molar-refractivity contribution in [3.05, 3.63) is 29.6 Å². The third-order valence-corrected chi connectivity index (χ3v) is 2.61. The van der Waals surface area contributed by atoms with Gasteiger partial charge in [-0.25, -0.2) is 0 Å². The van der Waals surface area contributed by atoms with E-state index >= 15 is 0 Å². The van der Waals surface area contributed by atoms with Gasteiger partial charge >= 0.3 is 5.97 Å². The summed E-state index contributed by atoms with van der Waals surface area (Å²) in [7, 11) is 0. The van der Waals surface area contributed by atoms with E-state index in [9.17, 15) is 9.90 Å². The van der Waals surface area contributed by atoms with E-state index in [1.807, 2.05) is 6.92 Å². The molecule has 0 aliphatic heterocycles. The summed E-state index contributed by atoms with van der Waals surface area (Å²) in [6.07, 6.45) is 2.06. The lowest BCUT2D eigenvalue weighted by Crippen LogP contribution is -2.31. The Balaban J connectivity index is 3.10. The van der Waals surface area contributed by atoms with E-state index < -0.39 is 17.5 Å². The molecule has 0 aliphatic carbocycles. The monoisotopic (exact) mass is 209 g/mol. The minimum absolute atomic E-state index is 0.560. The lowest BCUT2D eigenvalue weighted by atomic mass is 9.82. The number of carboxylic acid groups (broad SMARTS) is 1. The van der Waals surface area contributed by atoms with Crippen LogP contribution in [0.2, 0.25) is 0 Å². The van der Waals surface area contributed by atoms with Crippen LogP contribution in [-0.4, -0.2) is 21.2 Å². The second-order valence-electron chi connectivity index (χ2n) is 4.16. The fourth-order valence-electron chi connectivity index (χ4n) is 1.27. The molecule has 1 unspecified atom stereocenters. The van der Waals surface area contributed by atoms with Crippen LogP contribution in [0.5, 0.6) is 0 Å². The molecule has 0 aliphatic rings. The van der Waals surface area contributed by atoms with Crippen LogP contribution in [-0.2, 0) is 4.79 Å². The summed E-state index contributed by atoms with van der Waals surface area (Å²) in [6.45, 7) is 4.80. The van der Waals surface area contributed by atoms with Gasteiger partial charge < -0.3 is 10.2 Å². The van der Waals surface area contributed by atoms with Gasteiger partial charge in [0.25, 0.3) is 0 Å². The van der Waals surface area contributed by atoms with Gasteiger partial charge in [-0.3, -0.25) is 9.78 Å². The fraction of sp³-hybridized carbons (Fsp3) is 0.455. The van der Waals surface area contributed by atoms with Crippen molar-refractivity contribution in [1.29, 1.82) is 0 Å². The first-order chi connectivity index (χ1) is 6.87. The normalized spacial score (nSPS) is 13.6. The van der Waals surface area contributed by atoms with Gasteiger partial charge in [0.05, 0.1) is 11.5 Å². The van der Waals surface area contributed by atoms with Crippen molar-refractivity contribution in [2.75, 3.05) is 0 Å². The van der Waals surface area contributed by atoms with Gasteiger partial charge in [0.15, 0.2) is 0 Å². The van der Waals surface area contributed by atoms with E-state index in [4.69, 9.17) is 5.11 Å². The number of carbonyl (C=O) groups is 1. The van der Waals surface area contributed by atoms with Crippen LogP contribution in [0.15, 0.2) is 18.5 Å². The average Bonchev–Trinajstić information content (AvgIpc) is 2.17. The topological polar surface area (TPSA) is 70.4 Å². The highest BCUT2D eigenvalue weighted by Crippen LogP contribution is 2.34. The van der Waals surface area contributed by atoms with Crippen molar-refractivity contribution < 1.29 is 15.0 Å². The van der Waals surface area contributed by atoms with Gasteiger partial charge in [0.2, 0.25) is 0 Å². The molecule has 15 heavy (non-hydrogen) atoms. The lowest BCUT2D eigenvalue weighted by molar-refractivity contribution is -0.153. The molecule has 0 bridgehead atoms. The summed E-state index contributed by atoms with van der Waals surface area (Å²) in [4.78, 5) is 14.9. The van der Waals surface area contributed by atoms with E-state index in [1.54, 1.807) is 12.3 Å². The van der Waals surface area contributed by atoms with Gasteiger partial charge in [-0.2, -0.15) is 0 Å². The quantitative estimate of drug-likeness (QED) is 0.792. The van der Waals surface area contributed by atoms with Crippen LogP contribution < -0.4 is 0 Å². The van der Waals surface area contributed by atoms with Gasteiger partial charge in [-0.1, -0.05) is 0 Å². The molecular weight excluding hydrogens is 194 g/mol. The largest absolute Gasteiger partial charge is 0.481 e. The Bertz CT molecular complexity index is 374. The molecule has 0 fully saturated rings. The number of carboxylic acids is 1. The first-order valence-corrected chi connectivity index (χ1v) is 4.69. The number of hydrogen-bond donors (Lipinski definition) is 2. The summed E-state index contributed by atoms with van der Waals surface area (Å²) >= 11 is 0. The third kappa shape index (κ3) is 2.15. The second kappa shape index (κ2) is 3.98. The molecule has 0 amide bonds. The summed E-state index contributed by atoms with van der Waals surface area (Å²) in [5.41, 5.74) is 0.185. The van der Waals surface area contributed by atoms with Crippen LogP contribution >= 0.6 is 0 Å². The van der Waals surface area contributed by atoms with Crippen LogP contribution in [0.3, 0.4) is 0 Å². The number of rotatable bonds is 3. The number of aliphatic hydroxyl groups excluding tert-OH is 1. The maximum Gasteiger partial charge on any atom is 0.312 e. The lowest BCUT2D eigenvalue weighted by Gasteiger charge is -2.26. The number of aryl methyl sites for hydroxylation is 1. The van der Waals surface area contributed by atoms with Crippen LogP contribution in [0.25, 0.3) is 0 Å². The van der Waals surface area contributed by atoms with E-state index in [-0.39, 0.29) is 0 Å². The standard InChI is InChI=1S/C11H15NO3/c1-7-4-5-12-6-8(7)9(13)11(2,3)10(14)15/h4-6,9,13H,1-3H3,(H,14,15). The minimum atomic E-state index is -1.21. The number of nitrogens with zero attached hydrogens (tertiary/aromatic N) is 1. The van der Waals surface area contributed by atoms with Crippen molar-refractivity contribution in [2.24, 2.45) is 5.41 Å². The molecule has 82 valence electrons. The summed E-state index contributed by atoms with van der Waals surface area (Å²) in [5.74, 6) is -1.03. The fourth-order valence-corrected chi connectivity index (χ4v) is 1.27. The molecule has 0 aromatic carbocycles. The highest BCUT2D eigenvalue weighted by molar-refractivity contribution is 5.74. The molecule has 4 nitrogen and oxygen atoms in total. The second-order valence-corrected chi connectivity index (χ2v) is 4.16. The number of aromatic nitrogens is 1. The van der Waals surface area contributed by atoms with Crippen LogP contribution in [0.4, 0.5) is 0 Å². The van der Waals surface area contributed by atoms with Crippen molar-refractivity contribution >= 4 is 5.97 Å². The molecule has 1 rings (SSSR count). The van der Waals surface area contributed by atoms with Gasteiger partial charge in [0, 0.05) is 18.0 Å². The Morgan fingerprint density at radius 2 is 2.13 bits per heavy atom. The predicted octanol–water partition coefficient (Wildman–Crippen LogP) is 1.53. The van der Waals surface area contributed by atoms with Gasteiger partial charge in [-0.05, 0) is 32.4 Å². The Labute approximate surface area is 88.6 Å². The summed E-state index contributed by atoms with van der Waals surface area (Å²) < 4.78 is 0. The molecule has 4 heteroatoms. The molecule has 0 saturated heterocycles. The van der Waals surface area contributed by atoms with Crippen molar-refractivity contribution in [3.8, 4) is 0 Å². The van der Waals surface area contributed by atoms with Gasteiger partial charge in [0.1, 0.15) is 0 Å². The Morgan fingerprint density at radius 3 is 2.60 bits per heavy atom. The third-order valence-electron chi connectivity index (χ3n) is 2.61. The average molecular weight is 209 g/mol. The molecular formula is C11H15NO3.